The Morgan fingerprint density at radius 1 is 1.46 bits per heavy atom. The van der Waals surface area contributed by atoms with E-state index in [-0.39, 0.29) is 5.54 Å². The smallest absolute Gasteiger partial charge is 0.106 e. The predicted molar refractivity (Wildman–Crippen MR) is 53.4 cm³/mol. The second-order valence-electron chi connectivity index (χ2n) is 3.22. The van der Waals surface area contributed by atoms with Gasteiger partial charge in [-0.1, -0.05) is 20.3 Å². The molecule has 0 aromatic heterocycles. The number of hydrogen-bond acceptors (Lipinski definition) is 3. The van der Waals surface area contributed by atoms with Crippen molar-refractivity contribution in [1.82, 2.24) is 5.32 Å². The van der Waals surface area contributed by atoms with Gasteiger partial charge in [-0.3, -0.25) is 5.32 Å². The number of hydrogen-bond donors (Lipinski definition) is 1. The van der Waals surface area contributed by atoms with Crippen LogP contribution in [0.25, 0.3) is 0 Å². The molecule has 0 aliphatic rings. The van der Waals surface area contributed by atoms with E-state index < -0.39 is 0 Å². The largest absolute Gasteiger partial charge is 0.383 e. The van der Waals surface area contributed by atoms with E-state index in [1.54, 1.807) is 7.11 Å². The van der Waals surface area contributed by atoms with E-state index in [1.165, 1.54) is 0 Å². The van der Waals surface area contributed by atoms with E-state index in [1.807, 2.05) is 6.92 Å². The van der Waals surface area contributed by atoms with Crippen LogP contribution in [0, 0.1) is 11.3 Å². The first-order valence-electron chi connectivity index (χ1n) is 4.90. The lowest BCUT2D eigenvalue weighted by Crippen LogP contribution is -2.44. The SMILES string of the molecule is CCCC(C#N)(CC)NCCOC. The second-order valence-corrected chi connectivity index (χ2v) is 3.22. The normalized spacial score (nSPS) is 14.9. The van der Waals surface area contributed by atoms with E-state index in [2.05, 4.69) is 18.3 Å². The van der Waals surface area contributed by atoms with Crippen molar-refractivity contribution in [3.63, 3.8) is 0 Å². The fourth-order valence-corrected chi connectivity index (χ4v) is 1.38. The van der Waals surface area contributed by atoms with Gasteiger partial charge in [0.05, 0.1) is 12.7 Å². The molecule has 3 heteroatoms. The first-order chi connectivity index (χ1) is 6.24. The fourth-order valence-electron chi connectivity index (χ4n) is 1.38. The maximum absolute atomic E-state index is 9.05. The minimum absolute atomic E-state index is 0.340. The summed E-state index contributed by atoms with van der Waals surface area (Å²) in [5.41, 5.74) is -0.340. The van der Waals surface area contributed by atoms with Crippen LogP contribution in [0.15, 0.2) is 0 Å². The van der Waals surface area contributed by atoms with E-state index in [0.29, 0.717) is 6.61 Å². The second kappa shape index (κ2) is 6.88. The molecule has 0 aromatic carbocycles. The summed E-state index contributed by atoms with van der Waals surface area (Å²) in [5, 5.41) is 12.3. The average molecular weight is 184 g/mol. The van der Waals surface area contributed by atoms with Crippen LogP contribution in [-0.4, -0.2) is 25.8 Å². The molecule has 0 spiro atoms. The zero-order valence-corrected chi connectivity index (χ0v) is 8.89. The molecule has 0 aromatic rings. The van der Waals surface area contributed by atoms with Gasteiger partial charge in [0.1, 0.15) is 5.54 Å². The Kier molecular flexibility index (Phi) is 6.56. The molecule has 0 amide bonds. The van der Waals surface area contributed by atoms with Gasteiger partial charge in [-0.05, 0) is 12.8 Å². The quantitative estimate of drug-likeness (QED) is 0.612. The van der Waals surface area contributed by atoms with Crippen LogP contribution in [0.5, 0.6) is 0 Å². The molecule has 0 radical (unpaired) electrons. The Balaban J connectivity index is 3.99. The van der Waals surface area contributed by atoms with Crippen molar-refractivity contribution in [3.05, 3.63) is 0 Å². The number of methoxy groups -OCH3 is 1. The molecule has 0 saturated heterocycles. The molecule has 0 aliphatic carbocycles. The molecule has 0 bridgehead atoms. The summed E-state index contributed by atoms with van der Waals surface area (Å²) >= 11 is 0. The van der Waals surface area contributed by atoms with Crippen LogP contribution >= 0.6 is 0 Å². The molecule has 1 unspecified atom stereocenters. The average Bonchev–Trinajstić information content (AvgIpc) is 2.17. The van der Waals surface area contributed by atoms with Gasteiger partial charge in [0.25, 0.3) is 0 Å². The highest BCUT2D eigenvalue weighted by molar-refractivity contribution is 5.05. The molecule has 0 fully saturated rings. The summed E-state index contributed by atoms with van der Waals surface area (Å²) in [6, 6.07) is 2.36. The molecular weight excluding hydrogens is 164 g/mol. The van der Waals surface area contributed by atoms with Gasteiger partial charge in [-0.15, -0.1) is 0 Å². The fraction of sp³-hybridized carbons (Fsp3) is 0.900. The molecule has 0 rings (SSSR count). The van der Waals surface area contributed by atoms with Crippen molar-refractivity contribution < 1.29 is 4.74 Å². The van der Waals surface area contributed by atoms with Gasteiger partial charge in [-0.2, -0.15) is 5.26 Å². The Morgan fingerprint density at radius 3 is 2.54 bits per heavy atom. The third kappa shape index (κ3) is 4.25. The molecular formula is C10H20N2O. The summed E-state index contributed by atoms with van der Waals surface area (Å²) < 4.78 is 4.93. The van der Waals surface area contributed by atoms with Crippen molar-refractivity contribution in [3.8, 4) is 6.07 Å². The molecule has 76 valence electrons. The molecule has 0 aliphatic heterocycles. The lowest BCUT2D eigenvalue weighted by atomic mass is 9.92. The number of nitrogens with zero attached hydrogens (tertiary/aromatic N) is 1. The summed E-state index contributed by atoms with van der Waals surface area (Å²) in [6.45, 7) is 5.55. The Bertz CT molecular complexity index is 165. The Morgan fingerprint density at radius 2 is 2.15 bits per heavy atom. The zero-order chi connectivity index (χ0) is 10.2. The summed E-state index contributed by atoms with van der Waals surface area (Å²) in [5.74, 6) is 0. The number of rotatable bonds is 7. The minimum Gasteiger partial charge on any atom is -0.383 e. The summed E-state index contributed by atoms with van der Waals surface area (Å²) in [6.07, 6.45) is 2.78. The standard InChI is InChI=1S/C10H20N2O/c1-4-6-10(5-2,9-11)12-7-8-13-3/h12H,4-8H2,1-3H3. The third-order valence-corrected chi connectivity index (χ3v) is 2.26. The van der Waals surface area contributed by atoms with Crippen LogP contribution in [0.1, 0.15) is 33.1 Å². The van der Waals surface area contributed by atoms with Crippen LogP contribution in [0.4, 0.5) is 0 Å². The van der Waals surface area contributed by atoms with E-state index >= 15 is 0 Å². The molecule has 1 atom stereocenters. The molecule has 13 heavy (non-hydrogen) atoms. The minimum atomic E-state index is -0.340. The van der Waals surface area contributed by atoms with E-state index in [9.17, 15) is 0 Å². The molecule has 1 N–H and O–H groups in total. The van der Waals surface area contributed by atoms with Crippen molar-refractivity contribution in [2.75, 3.05) is 20.3 Å². The Labute approximate surface area is 81.1 Å². The van der Waals surface area contributed by atoms with Gasteiger partial charge in [0.2, 0.25) is 0 Å². The number of nitrogens with one attached hydrogen (secondary N) is 1. The van der Waals surface area contributed by atoms with Gasteiger partial charge < -0.3 is 4.74 Å². The van der Waals surface area contributed by atoms with E-state index in [4.69, 9.17) is 10.00 Å². The lowest BCUT2D eigenvalue weighted by Gasteiger charge is -2.25. The molecule has 3 nitrogen and oxygen atoms in total. The summed E-state index contributed by atoms with van der Waals surface area (Å²) in [4.78, 5) is 0. The topological polar surface area (TPSA) is 45.0 Å². The van der Waals surface area contributed by atoms with Crippen molar-refractivity contribution in [2.45, 2.75) is 38.6 Å². The van der Waals surface area contributed by atoms with Gasteiger partial charge in [-0.25, -0.2) is 0 Å². The van der Waals surface area contributed by atoms with Crippen LogP contribution in [0.2, 0.25) is 0 Å². The van der Waals surface area contributed by atoms with Gasteiger partial charge in [0.15, 0.2) is 0 Å². The maximum Gasteiger partial charge on any atom is 0.106 e. The van der Waals surface area contributed by atoms with Crippen molar-refractivity contribution in [2.24, 2.45) is 0 Å². The lowest BCUT2D eigenvalue weighted by molar-refractivity contribution is 0.188. The highest BCUT2D eigenvalue weighted by Gasteiger charge is 2.25. The monoisotopic (exact) mass is 184 g/mol. The summed E-state index contributed by atoms with van der Waals surface area (Å²) in [7, 11) is 1.67. The maximum atomic E-state index is 9.05. The molecule has 0 saturated carbocycles. The Hall–Kier alpha value is -0.590. The first-order valence-corrected chi connectivity index (χ1v) is 4.90. The number of nitriles is 1. The zero-order valence-electron chi connectivity index (χ0n) is 8.89. The van der Waals surface area contributed by atoms with Gasteiger partial charge >= 0.3 is 0 Å². The van der Waals surface area contributed by atoms with Gasteiger partial charge in [0, 0.05) is 13.7 Å². The first kappa shape index (κ1) is 12.4. The van der Waals surface area contributed by atoms with Crippen LogP contribution in [-0.2, 0) is 4.74 Å². The third-order valence-electron chi connectivity index (χ3n) is 2.26. The molecule has 0 heterocycles. The number of ether oxygens (including phenoxy) is 1. The van der Waals surface area contributed by atoms with Crippen LogP contribution in [0.3, 0.4) is 0 Å². The van der Waals surface area contributed by atoms with Crippen molar-refractivity contribution >= 4 is 0 Å². The van der Waals surface area contributed by atoms with Crippen LogP contribution < -0.4 is 5.32 Å². The predicted octanol–water partition coefficient (Wildman–Crippen LogP) is 1.69. The van der Waals surface area contributed by atoms with E-state index in [0.717, 1.165) is 25.8 Å². The highest BCUT2D eigenvalue weighted by Crippen LogP contribution is 2.15. The highest BCUT2D eigenvalue weighted by atomic mass is 16.5. The van der Waals surface area contributed by atoms with Crippen molar-refractivity contribution in [1.29, 1.82) is 5.26 Å².